The van der Waals surface area contributed by atoms with E-state index in [0.717, 1.165) is 31.4 Å². The van der Waals surface area contributed by atoms with Crippen LogP contribution in [0.1, 0.15) is 44.1 Å². The maximum Gasteiger partial charge on any atom is 0.139 e. The van der Waals surface area contributed by atoms with E-state index in [1.54, 1.807) is 6.07 Å². The molecule has 0 radical (unpaired) electrons. The molecule has 1 atom stereocenters. The van der Waals surface area contributed by atoms with Gasteiger partial charge < -0.3 is 9.47 Å². The van der Waals surface area contributed by atoms with Crippen molar-refractivity contribution >= 4 is 34.8 Å². The second-order valence-corrected chi connectivity index (χ2v) is 6.70. The third-order valence-electron chi connectivity index (χ3n) is 3.82. The predicted molar refractivity (Wildman–Crippen MR) is 89.0 cm³/mol. The van der Waals surface area contributed by atoms with Gasteiger partial charge in [0.2, 0.25) is 0 Å². The molecule has 1 unspecified atom stereocenters. The van der Waals surface area contributed by atoms with Crippen molar-refractivity contribution in [2.45, 2.75) is 44.6 Å². The fraction of sp³-hybridized carbons (Fsp3) is 0.625. The van der Waals surface area contributed by atoms with E-state index in [9.17, 15) is 0 Å². The standard InChI is InChI=1S/C16H21Cl3O2/c1-3-20-11-5-10(6-11)7-13(17)12-8-15(19)16(21-4-2)9-14(12)18/h8-11,13H,3-7H2,1-2H3. The molecule has 1 aliphatic carbocycles. The molecule has 0 aromatic heterocycles. The topological polar surface area (TPSA) is 18.5 Å². The number of alkyl halides is 1. The summed E-state index contributed by atoms with van der Waals surface area (Å²) in [6.45, 7) is 5.27. The van der Waals surface area contributed by atoms with E-state index in [1.165, 1.54) is 0 Å². The third-order valence-corrected chi connectivity index (χ3v) is 4.86. The summed E-state index contributed by atoms with van der Waals surface area (Å²) in [4.78, 5) is 0. The molecule has 1 aromatic carbocycles. The molecule has 0 N–H and O–H groups in total. The van der Waals surface area contributed by atoms with Crippen molar-refractivity contribution in [3.8, 4) is 5.75 Å². The molecule has 0 saturated heterocycles. The summed E-state index contributed by atoms with van der Waals surface area (Å²) >= 11 is 19.0. The first-order valence-electron chi connectivity index (χ1n) is 7.42. The van der Waals surface area contributed by atoms with Gasteiger partial charge >= 0.3 is 0 Å². The Labute approximate surface area is 141 Å². The van der Waals surface area contributed by atoms with Crippen LogP contribution in [0.4, 0.5) is 0 Å². The largest absolute Gasteiger partial charge is 0.492 e. The van der Waals surface area contributed by atoms with E-state index < -0.39 is 0 Å². The lowest BCUT2D eigenvalue weighted by atomic mass is 9.78. The predicted octanol–water partition coefficient (Wildman–Crippen LogP) is 5.88. The molecule has 21 heavy (non-hydrogen) atoms. The van der Waals surface area contributed by atoms with Gasteiger partial charge in [0.1, 0.15) is 5.75 Å². The normalized spacial score (nSPS) is 22.7. The highest BCUT2D eigenvalue weighted by atomic mass is 35.5. The van der Waals surface area contributed by atoms with Crippen molar-refractivity contribution < 1.29 is 9.47 Å². The van der Waals surface area contributed by atoms with Gasteiger partial charge in [-0.1, -0.05) is 23.2 Å². The van der Waals surface area contributed by atoms with Gasteiger partial charge in [0.05, 0.1) is 23.1 Å². The van der Waals surface area contributed by atoms with E-state index in [4.69, 9.17) is 44.3 Å². The van der Waals surface area contributed by atoms with Crippen LogP contribution in [0.25, 0.3) is 0 Å². The molecule has 0 amide bonds. The zero-order valence-electron chi connectivity index (χ0n) is 12.4. The monoisotopic (exact) mass is 350 g/mol. The molecule has 1 aliphatic rings. The molecule has 0 bridgehead atoms. The van der Waals surface area contributed by atoms with E-state index in [-0.39, 0.29) is 5.38 Å². The zero-order chi connectivity index (χ0) is 15.4. The highest BCUT2D eigenvalue weighted by Gasteiger charge is 2.31. The zero-order valence-corrected chi connectivity index (χ0v) is 14.6. The number of hydrogen-bond donors (Lipinski definition) is 0. The van der Waals surface area contributed by atoms with E-state index in [2.05, 4.69) is 0 Å². The summed E-state index contributed by atoms with van der Waals surface area (Å²) in [5.41, 5.74) is 0.881. The summed E-state index contributed by atoms with van der Waals surface area (Å²) in [6.07, 6.45) is 3.47. The lowest BCUT2D eigenvalue weighted by Gasteiger charge is -2.36. The van der Waals surface area contributed by atoms with E-state index >= 15 is 0 Å². The first kappa shape index (κ1) is 17.2. The molecule has 0 aliphatic heterocycles. The molecular formula is C16H21Cl3O2. The maximum absolute atomic E-state index is 6.52. The van der Waals surface area contributed by atoms with Crippen molar-refractivity contribution in [1.82, 2.24) is 0 Å². The average molecular weight is 352 g/mol. The van der Waals surface area contributed by atoms with Gasteiger partial charge in [-0.3, -0.25) is 0 Å². The van der Waals surface area contributed by atoms with Crippen LogP contribution in [-0.4, -0.2) is 19.3 Å². The lowest BCUT2D eigenvalue weighted by Crippen LogP contribution is -2.31. The third kappa shape index (κ3) is 4.41. The summed E-state index contributed by atoms with van der Waals surface area (Å²) in [5.74, 6) is 1.21. The van der Waals surface area contributed by atoms with Gasteiger partial charge in [0, 0.05) is 17.7 Å². The first-order valence-corrected chi connectivity index (χ1v) is 8.61. The van der Waals surface area contributed by atoms with Gasteiger partial charge in [0.15, 0.2) is 0 Å². The van der Waals surface area contributed by atoms with Crippen LogP contribution in [0.2, 0.25) is 10.0 Å². The second kappa shape index (κ2) is 7.92. The Morgan fingerprint density at radius 1 is 1.14 bits per heavy atom. The number of ether oxygens (including phenoxy) is 2. The SMILES string of the molecule is CCOc1cc(Cl)c(C(Cl)CC2CC(OCC)C2)cc1Cl. The minimum atomic E-state index is -0.127. The molecule has 0 spiro atoms. The first-order chi connectivity index (χ1) is 10.0. The van der Waals surface area contributed by atoms with Gasteiger partial charge in [0.25, 0.3) is 0 Å². The summed E-state index contributed by atoms with van der Waals surface area (Å²) < 4.78 is 11.0. The van der Waals surface area contributed by atoms with Crippen molar-refractivity contribution in [1.29, 1.82) is 0 Å². The van der Waals surface area contributed by atoms with E-state index in [1.807, 2.05) is 19.9 Å². The second-order valence-electron chi connectivity index (χ2n) is 5.36. The molecule has 1 saturated carbocycles. The van der Waals surface area contributed by atoms with Crippen LogP contribution in [0.15, 0.2) is 12.1 Å². The van der Waals surface area contributed by atoms with Crippen LogP contribution in [-0.2, 0) is 4.74 Å². The Morgan fingerprint density at radius 3 is 2.48 bits per heavy atom. The van der Waals surface area contributed by atoms with Gasteiger partial charge in [-0.15, -0.1) is 11.6 Å². The highest BCUT2D eigenvalue weighted by Crippen LogP contribution is 2.43. The van der Waals surface area contributed by atoms with Crippen LogP contribution in [0.5, 0.6) is 5.75 Å². The van der Waals surface area contributed by atoms with Crippen molar-refractivity contribution in [3.05, 3.63) is 27.7 Å². The Morgan fingerprint density at radius 2 is 1.86 bits per heavy atom. The average Bonchev–Trinajstić information content (AvgIpc) is 2.40. The summed E-state index contributed by atoms with van der Waals surface area (Å²) in [7, 11) is 0. The van der Waals surface area contributed by atoms with Crippen LogP contribution < -0.4 is 4.74 Å². The summed E-state index contributed by atoms with van der Waals surface area (Å²) in [6, 6.07) is 3.58. The Kier molecular flexibility index (Phi) is 6.49. The lowest BCUT2D eigenvalue weighted by molar-refractivity contribution is -0.0267. The van der Waals surface area contributed by atoms with Crippen molar-refractivity contribution in [2.75, 3.05) is 13.2 Å². The molecule has 118 valence electrons. The Hall–Kier alpha value is -0.150. The van der Waals surface area contributed by atoms with Crippen LogP contribution in [0.3, 0.4) is 0 Å². The molecular weight excluding hydrogens is 331 g/mol. The van der Waals surface area contributed by atoms with E-state index in [0.29, 0.717) is 34.4 Å². The minimum Gasteiger partial charge on any atom is -0.492 e. The molecule has 5 heteroatoms. The Bertz CT molecular complexity index is 473. The smallest absolute Gasteiger partial charge is 0.139 e. The van der Waals surface area contributed by atoms with Crippen LogP contribution >= 0.6 is 34.8 Å². The fourth-order valence-corrected chi connectivity index (χ4v) is 3.71. The van der Waals surface area contributed by atoms with Crippen LogP contribution in [0, 0.1) is 5.92 Å². The number of hydrogen-bond acceptors (Lipinski definition) is 2. The van der Waals surface area contributed by atoms with Crippen molar-refractivity contribution in [3.63, 3.8) is 0 Å². The molecule has 2 nitrogen and oxygen atoms in total. The quantitative estimate of drug-likeness (QED) is 0.571. The van der Waals surface area contributed by atoms with Gasteiger partial charge in [-0.25, -0.2) is 0 Å². The molecule has 2 rings (SSSR count). The van der Waals surface area contributed by atoms with Gasteiger partial charge in [-0.05, 0) is 50.7 Å². The number of benzene rings is 1. The van der Waals surface area contributed by atoms with Gasteiger partial charge in [-0.2, -0.15) is 0 Å². The molecule has 1 fully saturated rings. The fourth-order valence-electron chi connectivity index (χ4n) is 2.71. The maximum atomic E-state index is 6.52. The van der Waals surface area contributed by atoms with Crippen molar-refractivity contribution in [2.24, 2.45) is 5.92 Å². The summed E-state index contributed by atoms with van der Waals surface area (Å²) in [5, 5.41) is 1.05. The minimum absolute atomic E-state index is 0.127. The highest BCUT2D eigenvalue weighted by molar-refractivity contribution is 6.35. The molecule has 0 heterocycles. The number of rotatable bonds is 7. The Balaban J connectivity index is 1.96. The number of halogens is 3. The molecule has 1 aromatic rings.